The van der Waals surface area contributed by atoms with E-state index in [1.54, 1.807) is 71.0 Å². The molecule has 0 unspecified atom stereocenters. The zero-order chi connectivity index (χ0) is 43.6. The Kier molecular flexibility index (Phi) is 10.0. The van der Waals surface area contributed by atoms with Gasteiger partial charge in [-0.15, -0.1) is 5.10 Å². The lowest BCUT2D eigenvalue weighted by atomic mass is 9.85. The van der Waals surface area contributed by atoms with Crippen LogP contribution in [0.5, 0.6) is 29.0 Å². The van der Waals surface area contributed by atoms with Crippen LogP contribution in [0.1, 0.15) is 80.7 Å². The molecule has 6 heterocycles. The molecule has 3 aliphatic heterocycles. The van der Waals surface area contributed by atoms with Crippen LogP contribution in [0.2, 0.25) is 0 Å². The fraction of sp³-hybridized carbons (Fsp3) is 0.348. The van der Waals surface area contributed by atoms with E-state index >= 15 is 0 Å². The van der Waals surface area contributed by atoms with Gasteiger partial charge in [-0.05, 0) is 103 Å². The Morgan fingerprint density at radius 2 is 1.69 bits per heavy atom. The van der Waals surface area contributed by atoms with E-state index in [4.69, 9.17) is 19.2 Å². The molecule has 4 N–H and O–H groups in total. The number of nitrogens with zero attached hydrogens (tertiary/aromatic N) is 6. The Balaban J connectivity index is 0.878. The maximum atomic E-state index is 14.1. The first kappa shape index (κ1) is 40.3. The maximum Gasteiger partial charge on any atom is 0.411 e. The summed E-state index contributed by atoms with van der Waals surface area (Å²) in [5, 5.41) is 50.6. The number of fused-ring (bicyclic) bond motifs is 5. The van der Waals surface area contributed by atoms with Gasteiger partial charge in [0.25, 0.3) is 5.56 Å². The number of rotatable bonds is 9. The molecule has 16 nitrogen and oxygen atoms in total. The van der Waals surface area contributed by atoms with Crippen LogP contribution in [0.3, 0.4) is 0 Å². The van der Waals surface area contributed by atoms with Gasteiger partial charge in [0.2, 0.25) is 5.60 Å². The van der Waals surface area contributed by atoms with Crippen molar-refractivity contribution in [1.29, 1.82) is 0 Å². The van der Waals surface area contributed by atoms with Gasteiger partial charge in [-0.2, -0.15) is 0 Å². The summed E-state index contributed by atoms with van der Waals surface area (Å²) in [4.78, 5) is 48.2. The number of piperidine rings is 1. The van der Waals surface area contributed by atoms with Crippen LogP contribution in [0, 0.1) is 5.92 Å². The molecule has 0 spiro atoms. The van der Waals surface area contributed by atoms with E-state index in [2.05, 4.69) is 10.2 Å². The minimum atomic E-state index is -1.84. The zero-order valence-electron chi connectivity index (χ0n) is 34.7. The molecular formula is C46H46N6O10. The minimum absolute atomic E-state index is 0.0341. The van der Waals surface area contributed by atoms with Crippen LogP contribution >= 0.6 is 0 Å². The third kappa shape index (κ3) is 6.60. The Morgan fingerprint density at radius 1 is 0.935 bits per heavy atom. The number of hydrogen-bond acceptors (Lipinski definition) is 13. The summed E-state index contributed by atoms with van der Waals surface area (Å²) in [5.74, 6) is -0.00126. The van der Waals surface area contributed by atoms with Gasteiger partial charge in [0.05, 0.1) is 46.9 Å². The van der Waals surface area contributed by atoms with Crippen molar-refractivity contribution in [3.8, 4) is 57.5 Å². The first-order valence-corrected chi connectivity index (χ1v) is 20.8. The summed E-state index contributed by atoms with van der Waals surface area (Å²) in [6.45, 7) is 8.70. The molecule has 3 aromatic heterocycles. The van der Waals surface area contributed by atoms with Gasteiger partial charge >= 0.3 is 18.1 Å². The summed E-state index contributed by atoms with van der Waals surface area (Å²) in [5.41, 5.74) is 3.49. The fourth-order valence-corrected chi connectivity index (χ4v) is 9.04. The molecule has 16 heteroatoms. The highest BCUT2D eigenvalue weighted by molar-refractivity contribution is 5.90. The van der Waals surface area contributed by atoms with Crippen molar-refractivity contribution in [1.82, 2.24) is 29.2 Å². The highest BCUT2D eigenvalue weighted by Crippen LogP contribution is 2.43. The molecule has 1 atom stereocenters. The first-order valence-electron chi connectivity index (χ1n) is 20.8. The second-order valence-corrected chi connectivity index (χ2v) is 16.4. The molecule has 0 saturated carbocycles. The number of esters is 1. The smallest absolute Gasteiger partial charge is 0.411 e. The molecular weight excluding hydrogens is 797 g/mol. The lowest BCUT2D eigenvalue weighted by molar-refractivity contribution is -0.173. The van der Waals surface area contributed by atoms with Crippen LogP contribution < -0.4 is 10.3 Å². The fourth-order valence-electron chi connectivity index (χ4n) is 9.04. The summed E-state index contributed by atoms with van der Waals surface area (Å²) >= 11 is 0. The van der Waals surface area contributed by atoms with Crippen molar-refractivity contribution in [2.45, 2.75) is 78.0 Å². The Labute approximate surface area is 355 Å². The number of benzene rings is 3. The summed E-state index contributed by atoms with van der Waals surface area (Å²) in [6.07, 6.45) is 1.24. The van der Waals surface area contributed by atoms with Crippen LogP contribution in [0.25, 0.3) is 39.4 Å². The molecule has 6 aromatic rings. The second-order valence-electron chi connectivity index (χ2n) is 16.4. The van der Waals surface area contributed by atoms with E-state index in [0.29, 0.717) is 84.0 Å². The van der Waals surface area contributed by atoms with E-state index < -0.39 is 17.7 Å². The van der Waals surface area contributed by atoms with Gasteiger partial charge < -0.3 is 44.1 Å². The molecule has 1 fully saturated rings. The van der Waals surface area contributed by atoms with Crippen molar-refractivity contribution in [3.05, 3.63) is 98.8 Å². The lowest BCUT2D eigenvalue weighted by Crippen LogP contribution is -2.50. The number of carbonyl (C=O) groups is 2. The van der Waals surface area contributed by atoms with Crippen molar-refractivity contribution in [2.75, 3.05) is 19.7 Å². The normalized spacial score (nSPS) is 17.2. The number of cyclic esters (lactones) is 1. The number of phenols is 3. The monoisotopic (exact) mass is 842 g/mol. The number of aromatic nitrogens is 5. The third-order valence-corrected chi connectivity index (χ3v) is 12.5. The van der Waals surface area contributed by atoms with Crippen molar-refractivity contribution >= 4 is 23.0 Å². The van der Waals surface area contributed by atoms with Crippen LogP contribution in [-0.2, 0) is 39.4 Å². The van der Waals surface area contributed by atoms with Gasteiger partial charge in [0.15, 0.2) is 5.82 Å². The molecule has 1 amide bonds. The average Bonchev–Trinajstić information content (AvgIpc) is 3.83. The van der Waals surface area contributed by atoms with Crippen molar-refractivity contribution < 1.29 is 44.2 Å². The van der Waals surface area contributed by atoms with E-state index in [-0.39, 0.29) is 71.6 Å². The molecule has 62 heavy (non-hydrogen) atoms. The number of carbonyl (C=O) groups excluding carboxylic acids is 2. The predicted molar refractivity (Wildman–Crippen MR) is 226 cm³/mol. The molecule has 0 radical (unpaired) electrons. The average molecular weight is 843 g/mol. The highest BCUT2D eigenvalue weighted by atomic mass is 16.6. The number of likely N-dealkylation sites (tertiary alicyclic amines) is 1. The quantitative estimate of drug-likeness (QED) is 0.111. The second kappa shape index (κ2) is 15.4. The first-order chi connectivity index (χ1) is 29.8. The van der Waals surface area contributed by atoms with E-state index in [1.165, 1.54) is 10.6 Å². The van der Waals surface area contributed by atoms with Crippen molar-refractivity contribution in [3.63, 3.8) is 0 Å². The van der Waals surface area contributed by atoms with Gasteiger partial charge in [-0.25, -0.2) is 19.1 Å². The summed E-state index contributed by atoms with van der Waals surface area (Å²) in [7, 11) is 0. The topological polar surface area (TPSA) is 212 Å². The number of pyridine rings is 2. The zero-order valence-corrected chi connectivity index (χ0v) is 34.7. The Hall–Kier alpha value is -7.10. The van der Waals surface area contributed by atoms with Crippen LogP contribution in [0.15, 0.2) is 65.5 Å². The third-order valence-electron chi connectivity index (χ3n) is 12.5. The molecule has 9 rings (SSSR count). The number of aromatic hydroxyl groups is 4. The SMILES string of the molecule is CCc1c2c(nc3ccc(O)cc13)-c1cc3c(c(=O)n1C2)COC(=O)[C@@]3(CC)OC(=O)N1CCC(COc2ccc(-n3c(O)nnc3-c3cc(C(C)C)c(O)cc3O)cc2)CC1. The largest absolute Gasteiger partial charge is 0.508 e. The number of ether oxygens (including phenoxy) is 3. The summed E-state index contributed by atoms with van der Waals surface area (Å²) in [6, 6.07) is 16.2. The van der Waals surface area contributed by atoms with Gasteiger partial charge in [-0.3, -0.25) is 4.79 Å². The number of hydrogen-bond donors (Lipinski definition) is 4. The standard InChI is InChI=1S/C46H46N6O10/c1-5-29-31-17-27(53)9-12-36(31)47-40-33(29)21-51-37(40)19-35-34(42(51)56)23-61-43(57)46(35,6-2)62-45(59)50-15-13-25(14-16-50)22-60-28-10-7-26(8-11-28)52-41(48-49-44(52)58)32-18-30(24(3)4)38(54)20-39(32)55/h7-12,17-20,24-25,53-55H,5-6,13-16,21-23H2,1-4H3,(H,49,58)/t46-/m0/s1. The molecule has 0 aliphatic carbocycles. The van der Waals surface area contributed by atoms with E-state index in [9.17, 15) is 34.8 Å². The van der Waals surface area contributed by atoms with E-state index in [1.807, 2.05) is 20.8 Å². The Bertz CT molecular complexity index is 2840. The van der Waals surface area contributed by atoms with Crippen LogP contribution in [0.4, 0.5) is 4.79 Å². The molecule has 3 aliphatic rings. The maximum absolute atomic E-state index is 14.1. The number of amides is 1. The van der Waals surface area contributed by atoms with Gasteiger partial charge in [0.1, 0.15) is 29.6 Å². The van der Waals surface area contributed by atoms with Gasteiger partial charge in [0, 0.05) is 35.7 Å². The lowest BCUT2D eigenvalue weighted by Gasteiger charge is -2.38. The highest BCUT2D eigenvalue weighted by Gasteiger charge is 2.51. The molecule has 3 aromatic carbocycles. The molecule has 1 saturated heterocycles. The molecule has 0 bridgehead atoms. The van der Waals surface area contributed by atoms with E-state index in [0.717, 1.165) is 16.5 Å². The number of aryl methyl sites for hydroxylation is 1. The summed E-state index contributed by atoms with van der Waals surface area (Å²) < 4.78 is 20.9. The Morgan fingerprint density at radius 3 is 2.40 bits per heavy atom. The minimum Gasteiger partial charge on any atom is -0.508 e. The predicted octanol–water partition coefficient (Wildman–Crippen LogP) is 6.77. The van der Waals surface area contributed by atoms with Crippen LogP contribution in [-0.4, -0.2) is 81.4 Å². The van der Waals surface area contributed by atoms with Gasteiger partial charge in [-0.1, -0.05) is 32.8 Å². The number of phenolic OH excluding ortho intramolecular Hbond substituents is 3. The molecule has 320 valence electrons. The van der Waals surface area contributed by atoms with Crippen molar-refractivity contribution in [2.24, 2.45) is 5.92 Å².